The molecule has 1 atom stereocenters. The van der Waals surface area contributed by atoms with Crippen LogP contribution < -0.4 is 0 Å². The molecule has 0 heterocycles. The van der Waals surface area contributed by atoms with Gasteiger partial charge in [0.05, 0.1) is 0 Å². The average Bonchev–Trinajstić information content (AvgIpc) is 2.55. The molecule has 0 amide bonds. The minimum atomic E-state index is -1.08. The fraction of sp³-hybridized carbons (Fsp3) is 0.125. The zero-order valence-corrected chi connectivity index (χ0v) is 11.9. The Labute approximate surface area is 127 Å². The number of Topliss-reactive ketones (excluding diaryl/α,β-unsaturated/α-hetero) is 1. The monoisotopic (exact) mass is 306 g/mol. The maximum Gasteiger partial charge on any atom is 0.318 e. The van der Waals surface area contributed by atoms with Gasteiger partial charge < -0.3 is 10.2 Å². The van der Waals surface area contributed by atoms with Gasteiger partial charge in [-0.15, -0.1) is 11.6 Å². The first-order valence-corrected chi connectivity index (χ1v) is 6.69. The van der Waals surface area contributed by atoms with Gasteiger partial charge in [-0.25, -0.2) is 0 Å². The SMILES string of the molecule is O=C(O)CCl.O=C(c1ccccc1)C(O)c1ccccc1. The Bertz CT molecular complexity index is 569. The molecule has 0 spiro atoms. The Morgan fingerprint density at radius 1 is 0.952 bits per heavy atom. The van der Waals surface area contributed by atoms with Crippen molar-refractivity contribution in [3.8, 4) is 0 Å². The fourth-order valence-electron chi connectivity index (χ4n) is 1.55. The maximum absolute atomic E-state index is 11.9. The average molecular weight is 307 g/mol. The summed E-state index contributed by atoms with van der Waals surface area (Å²) in [6.45, 7) is 0. The summed E-state index contributed by atoms with van der Waals surface area (Å²) in [7, 11) is 0. The molecule has 0 aliphatic rings. The number of benzene rings is 2. The van der Waals surface area contributed by atoms with Crippen molar-refractivity contribution in [2.75, 3.05) is 5.88 Å². The number of carboxylic acids is 1. The lowest BCUT2D eigenvalue weighted by molar-refractivity contribution is -0.134. The number of carboxylic acid groups (broad SMARTS) is 1. The zero-order chi connectivity index (χ0) is 15.7. The molecular weight excluding hydrogens is 292 g/mol. The smallest absolute Gasteiger partial charge is 0.318 e. The van der Waals surface area contributed by atoms with E-state index in [1.807, 2.05) is 12.1 Å². The molecule has 2 aromatic rings. The lowest BCUT2D eigenvalue weighted by atomic mass is 10.0. The highest BCUT2D eigenvalue weighted by Crippen LogP contribution is 2.17. The predicted molar refractivity (Wildman–Crippen MR) is 80.5 cm³/mol. The molecule has 0 aliphatic carbocycles. The van der Waals surface area contributed by atoms with Gasteiger partial charge in [-0.2, -0.15) is 0 Å². The van der Waals surface area contributed by atoms with Gasteiger partial charge in [-0.1, -0.05) is 60.7 Å². The molecule has 0 aliphatic heterocycles. The lowest BCUT2D eigenvalue weighted by Crippen LogP contribution is -2.11. The molecule has 2 rings (SSSR count). The van der Waals surface area contributed by atoms with Crippen LogP contribution in [0.5, 0.6) is 0 Å². The number of hydrogen-bond donors (Lipinski definition) is 2. The minimum absolute atomic E-state index is 0.271. The molecule has 110 valence electrons. The highest BCUT2D eigenvalue weighted by molar-refractivity contribution is 6.26. The van der Waals surface area contributed by atoms with E-state index in [1.165, 1.54) is 0 Å². The quantitative estimate of drug-likeness (QED) is 0.673. The van der Waals surface area contributed by atoms with Crippen molar-refractivity contribution in [2.45, 2.75) is 6.10 Å². The van der Waals surface area contributed by atoms with E-state index >= 15 is 0 Å². The van der Waals surface area contributed by atoms with Gasteiger partial charge in [0.1, 0.15) is 12.0 Å². The highest BCUT2D eigenvalue weighted by atomic mass is 35.5. The molecule has 0 saturated carbocycles. The zero-order valence-electron chi connectivity index (χ0n) is 11.1. The molecule has 2 aromatic carbocycles. The summed E-state index contributed by atoms with van der Waals surface area (Å²) in [4.78, 5) is 21.1. The first-order valence-electron chi connectivity index (χ1n) is 6.16. The third kappa shape index (κ3) is 5.77. The van der Waals surface area contributed by atoms with Crippen molar-refractivity contribution in [1.29, 1.82) is 0 Å². The molecule has 0 radical (unpaired) electrons. The number of alkyl halides is 1. The number of aliphatic hydroxyl groups excluding tert-OH is 1. The number of aliphatic carboxylic acids is 1. The molecule has 0 bridgehead atoms. The van der Waals surface area contributed by atoms with Gasteiger partial charge in [-0.05, 0) is 5.56 Å². The number of ketones is 1. The minimum Gasteiger partial charge on any atom is -0.480 e. The molecule has 0 aromatic heterocycles. The van der Waals surface area contributed by atoms with Crippen LogP contribution in [0.1, 0.15) is 22.0 Å². The van der Waals surface area contributed by atoms with Gasteiger partial charge in [0.25, 0.3) is 0 Å². The van der Waals surface area contributed by atoms with Crippen molar-refractivity contribution in [2.24, 2.45) is 0 Å². The van der Waals surface area contributed by atoms with Crippen LogP contribution in [0.25, 0.3) is 0 Å². The fourth-order valence-corrected chi connectivity index (χ4v) is 1.55. The van der Waals surface area contributed by atoms with Gasteiger partial charge in [-0.3, -0.25) is 9.59 Å². The van der Waals surface area contributed by atoms with Gasteiger partial charge in [0, 0.05) is 5.56 Å². The maximum atomic E-state index is 11.9. The van der Waals surface area contributed by atoms with Crippen molar-refractivity contribution in [1.82, 2.24) is 0 Å². The topological polar surface area (TPSA) is 74.6 Å². The number of hydrogen-bond acceptors (Lipinski definition) is 3. The van der Waals surface area contributed by atoms with Crippen molar-refractivity contribution in [3.05, 3.63) is 71.8 Å². The van der Waals surface area contributed by atoms with Crippen molar-refractivity contribution < 1.29 is 19.8 Å². The molecule has 5 heteroatoms. The number of aliphatic hydroxyl groups is 1. The highest BCUT2D eigenvalue weighted by Gasteiger charge is 2.18. The summed E-state index contributed by atoms with van der Waals surface area (Å²) >= 11 is 4.74. The van der Waals surface area contributed by atoms with Crippen LogP contribution in [0, 0.1) is 0 Å². The van der Waals surface area contributed by atoms with E-state index in [9.17, 15) is 14.7 Å². The molecule has 2 N–H and O–H groups in total. The second-order valence-electron chi connectivity index (χ2n) is 4.07. The van der Waals surface area contributed by atoms with E-state index < -0.39 is 12.1 Å². The van der Waals surface area contributed by atoms with Crippen LogP contribution in [0.2, 0.25) is 0 Å². The Kier molecular flexibility index (Phi) is 7.15. The van der Waals surface area contributed by atoms with E-state index in [0.717, 1.165) is 0 Å². The third-order valence-corrected chi connectivity index (χ3v) is 2.76. The number of halogens is 1. The number of rotatable bonds is 4. The van der Waals surface area contributed by atoms with Crippen LogP contribution >= 0.6 is 11.6 Å². The van der Waals surface area contributed by atoms with Crippen LogP contribution in [0.15, 0.2) is 60.7 Å². The molecule has 21 heavy (non-hydrogen) atoms. The Balaban J connectivity index is 0.000000383. The van der Waals surface area contributed by atoms with Gasteiger partial charge >= 0.3 is 5.97 Å². The standard InChI is InChI=1S/C14H12O2.C2H3ClO2/c15-13(11-7-3-1-4-8-11)14(16)12-9-5-2-6-10-12;3-1-2(4)5/h1-10,13,15H;1H2,(H,4,5). The Morgan fingerprint density at radius 2 is 1.38 bits per heavy atom. The predicted octanol–water partition coefficient (Wildman–Crippen LogP) is 2.91. The normalized spacial score (nSPS) is 11.0. The summed E-state index contributed by atoms with van der Waals surface area (Å²) in [6.07, 6.45) is -1.08. The molecule has 0 saturated heterocycles. The third-order valence-electron chi connectivity index (χ3n) is 2.54. The van der Waals surface area contributed by atoms with Crippen LogP contribution in [0.3, 0.4) is 0 Å². The lowest BCUT2D eigenvalue weighted by Gasteiger charge is -2.09. The van der Waals surface area contributed by atoms with E-state index in [0.29, 0.717) is 11.1 Å². The second kappa shape index (κ2) is 8.89. The first kappa shape index (κ1) is 16.9. The van der Waals surface area contributed by atoms with Crippen molar-refractivity contribution >= 4 is 23.4 Å². The van der Waals surface area contributed by atoms with Crippen molar-refractivity contribution in [3.63, 3.8) is 0 Å². The van der Waals surface area contributed by atoms with E-state index in [-0.39, 0.29) is 11.7 Å². The summed E-state index contributed by atoms with van der Waals surface area (Å²) in [5.74, 6) is -1.56. The first-order chi connectivity index (χ1) is 10.1. The summed E-state index contributed by atoms with van der Waals surface area (Å²) in [5, 5.41) is 17.5. The number of carbonyl (C=O) groups excluding carboxylic acids is 1. The van der Waals surface area contributed by atoms with Crippen LogP contribution in [-0.4, -0.2) is 27.8 Å². The Hall–Kier alpha value is -2.17. The van der Waals surface area contributed by atoms with Crippen LogP contribution in [-0.2, 0) is 4.79 Å². The molecule has 1 unspecified atom stereocenters. The van der Waals surface area contributed by atoms with E-state index in [4.69, 9.17) is 16.7 Å². The summed E-state index contributed by atoms with van der Waals surface area (Å²) < 4.78 is 0. The number of carbonyl (C=O) groups is 2. The van der Waals surface area contributed by atoms with E-state index in [2.05, 4.69) is 0 Å². The summed E-state index contributed by atoms with van der Waals surface area (Å²) in [5.41, 5.74) is 1.15. The second-order valence-corrected chi connectivity index (χ2v) is 4.34. The summed E-state index contributed by atoms with van der Waals surface area (Å²) in [6, 6.07) is 17.7. The molecular formula is C16H15ClO4. The van der Waals surface area contributed by atoms with E-state index in [1.54, 1.807) is 48.5 Å². The van der Waals surface area contributed by atoms with Gasteiger partial charge in [0.15, 0.2) is 5.78 Å². The molecule has 4 nitrogen and oxygen atoms in total. The molecule has 0 fully saturated rings. The largest absolute Gasteiger partial charge is 0.480 e. The van der Waals surface area contributed by atoms with Gasteiger partial charge in [0.2, 0.25) is 0 Å². The Morgan fingerprint density at radius 3 is 1.81 bits per heavy atom. The van der Waals surface area contributed by atoms with Crippen LogP contribution in [0.4, 0.5) is 0 Å².